The van der Waals surface area contributed by atoms with Crippen molar-refractivity contribution >= 4 is 5.91 Å². The van der Waals surface area contributed by atoms with Crippen LogP contribution in [0.15, 0.2) is 54.6 Å². The van der Waals surface area contributed by atoms with E-state index in [0.29, 0.717) is 49.1 Å². The first-order chi connectivity index (χ1) is 16.6. The number of hydrogen-bond donors (Lipinski definition) is 0. The number of nitrogens with zero attached hydrogens (tertiary/aromatic N) is 1. The minimum absolute atomic E-state index is 0.0388. The van der Waals surface area contributed by atoms with Gasteiger partial charge in [-0.3, -0.25) is 4.79 Å². The number of benzene rings is 3. The van der Waals surface area contributed by atoms with Crippen LogP contribution in [0.1, 0.15) is 11.1 Å². The number of methoxy groups -OCH3 is 3. The van der Waals surface area contributed by atoms with Crippen molar-refractivity contribution in [3.05, 3.63) is 65.7 Å². The van der Waals surface area contributed by atoms with E-state index in [1.165, 1.54) is 0 Å². The van der Waals surface area contributed by atoms with Gasteiger partial charge in [0.1, 0.15) is 12.4 Å². The molecule has 2 heterocycles. The number of carbonyl (C=O) groups is 1. The number of hydrogen-bond acceptors (Lipinski definition) is 6. The monoisotopic (exact) mass is 461 g/mol. The van der Waals surface area contributed by atoms with Gasteiger partial charge in [0.15, 0.2) is 29.1 Å². The second kappa shape index (κ2) is 9.17. The predicted molar refractivity (Wildman–Crippen MR) is 127 cm³/mol. The molecule has 0 bridgehead atoms. The van der Waals surface area contributed by atoms with Gasteiger partial charge in [0.05, 0.1) is 27.9 Å². The average Bonchev–Trinajstić information content (AvgIpc) is 3.20. The Balaban J connectivity index is 1.45. The van der Waals surface area contributed by atoms with Gasteiger partial charge in [-0.25, -0.2) is 0 Å². The fraction of sp³-hybridized carbons (Fsp3) is 0.296. The van der Waals surface area contributed by atoms with Crippen molar-refractivity contribution in [2.24, 2.45) is 0 Å². The molecule has 1 unspecified atom stereocenters. The van der Waals surface area contributed by atoms with Crippen LogP contribution in [0.25, 0.3) is 11.1 Å². The van der Waals surface area contributed by atoms with Crippen LogP contribution in [0, 0.1) is 0 Å². The van der Waals surface area contributed by atoms with Crippen LogP contribution in [0.2, 0.25) is 0 Å². The van der Waals surface area contributed by atoms with E-state index >= 15 is 0 Å². The maximum Gasteiger partial charge on any atom is 0.264 e. The Morgan fingerprint density at radius 1 is 0.882 bits per heavy atom. The van der Waals surface area contributed by atoms with Gasteiger partial charge in [0, 0.05) is 18.5 Å². The van der Waals surface area contributed by atoms with Crippen LogP contribution in [0.3, 0.4) is 0 Å². The molecule has 0 spiro atoms. The molecule has 2 aliphatic heterocycles. The molecule has 3 aromatic carbocycles. The molecule has 0 saturated carbocycles. The lowest BCUT2D eigenvalue weighted by Crippen LogP contribution is -2.42. The summed E-state index contributed by atoms with van der Waals surface area (Å²) < 4.78 is 28.5. The number of carbonyl (C=O) groups excluding carboxylic acids is 1. The lowest BCUT2D eigenvalue weighted by atomic mass is 10.0. The molecule has 3 aromatic rings. The Bertz CT molecular complexity index is 1200. The first-order valence-electron chi connectivity index (χ1n) is 11.2. The molecule has 0 aliphatic carbocycles. The third-order valence-corrected chi connectivity index (χ3v) is 6.27. The van der Waals surface area contributed by atoms with Crippen molar-refractivity contribution in [3.63, 3.8) is 0 Å². The number of fused-ring (bicyclic) bond motifs is 2. The van der Waals surface area contributed by atoms with Gasteiger partial charge >= 0.3 is 0 Å². The molecule has 176 valence electrons. The average molecular weight is 462 g/mol. The quantitative estimate of drug-likeness (QED) is 0.570. The molecule has 5 rings (SSSR count). The van der Waals surface area contributed by atoms with Gasteiger partial charge in [0.2, 0.25) is 0 Å². The summed E-state index contributed by atoms with van der Waals surface area (Å²) in [5.41, 5.74) is 3.81. The van der Waals surface area contributed by atoms with E-state index in [2.05, 4.69) is 0 Å². The van der Waals surface area contributed by atoms with Gasteiger partial charge in [-0.1, -0.05) is 24.3 Å². The summed E-state index contributed by atoms with van der Waals surface area (Å²) in [5, 5.41) is 0. The summed E-state index contributed by atoms with van der Waals surface area (Å²) in [5.74, 6) is 3.33. The lowest BCUT2D eigenvalue weighted by molar-refractivity contribution is -0.138. The Labute approximate surface area is 198 Å². The highest BCUT2D eigenvalue weighted by atomic mass is 16.5. The summed E-state index contributed by atoms with van der Waals surface area (Å²) in [4.78, 5) is 15.2. The van der Waals surface area contributed by atoms with E-state index in [1.54, 1.807) is 26.2 Å². The molecule has 7 heteroatoms. The van der Waals surface area contributed by atoms with Crippen molar-refractivity contribution < 1.29 is 28.5 Å². The smallest absolute Gasteiger partial charge is 0.264 e. The maximum absolute atomic E-state index is 13.4. The largest absolute Gasteiger partial charge is 0.493 e. The first-order valence-corrected chi connectivity index (χ1v) is 11.2. The van der Waals surface area contributed by atoms with E-state index < -0.39 is 6.10 Å². The topological polar surface area (TPSA) is 66.5 Å². The molecular weight excluding hydrogens is 434 g/mol. The third kappa shape index (κ3) is 3.98. The number of rotatable bonds is 5. The molecule has 2 aliphatic rings. The molecule has 7 nitrogen and oxygen atoms in total. The van der Waals surface area contributed by atoms with Crippen molar-refractivity contribution in [3.8, 4) is 39.9 Å². The molecule has 0 saturated heterocycles. The highest BCUT2D eigenvalue weighted by Gasteiger charge is 2.34. The van der Waals surface area contributed by atoms with E-state index in [-0.39, 0.29) is 5.91 Å². The van der Waals surface area contributed by atoms with E-state index in [0.717, 1.165) is 28.0 Å². The Morgan fingerprint density at radius 2 is 1.65 bits per heavy atom. The zero-order valence-electron chi connectivity index (χ0n) is 19.5. The number of amides is 1. The summed E-state index contributed by atoms with van der Waals surface area (Å²) in [6.07, 6.45) is 0.0590. The Morgan fingerprint density at radius 3 is 2.41 bits per heavy atom. The van der Waals surface area contributed by atoms with Crippen molar-refractivity contribution in [2.45, 2.75) is 19.1 Å². The van der Waals surface area contributed by atoms with Gasteiger partial charge in [0.25, 0.3) is 5.91 Å². The highest BCUT2D eigenvalue weighted by molar-refractivity contribution is 5.83. The van der Waals surface area contributed by atoms with Crippen LogP contribution < -0.4 is 23.7 Å². The summed E-state index contributed by atoms with van der Waals surface area (Å²) in [6.45, 7) is 1.25. The second-order valence-corrected chi connectivity index (χ2v) is 8.26. The summed E-state index contributed by atoms with van der Waals surface area (Å²) >= 11 is 0. The molecule has 0 aromatic heterocycles. The summed E-state index contributed by atoms with van der Waals surface area (Å²) in [7, 11) is 4.84. The van der Waals surface area contributed by atoms with Gasteiger partial charge in [-0.15, -0.1) is 0 Å². The highest BCUT2D eigenvalue weighted by Crippen LogP contribution is 2.40. The third-order valence-electron chi connectivity index (χ3n) is 6.27. The van der Waals surface area contributed by atoms with E-state index in [1.807, 2.05) is 54.6 Å². The van der Waals surface area contributed by atoms with Crippen LogP contribution in [0.4, 0.5) is 0 Å². The van der Waals surface area contributed by atoms with Gasteiger partial charge in [-0.05, 0) is 47.0 Å². The molecule has 34 heavy (non-hydrogen) atoms. The van der Waals surface area contributed by atoms with Crippen LogP contribution >= 0.6 is 0 Å². The van der Waals surface area contributed by atoms with Crippen LogP contribution in [-0.4, -0.2) is 51.4 Å². The van der Waals surface area contributed by atoms with Gasteiger partial charge < -0.3 is 28.6 Å². The molecule has 1 amide bonds. The second-order valence-electron chi connectivity index (χ2n) is 8.26. The minimum Gasteiger partial charge on any atom is -0.493 e. The van der Waals surface area contributed by atoms with Crippen molar-refractivity contribution in [2.75, 3.05) is 34.5 Å². The van der Waals surface area contributed by atoms with Crippen LogP contribution in [-0.2, 0) is 17.8 Å². The molecule has 0 radical (unpaired) electrons. The Hall–Kier alpha value is -3.87. The number of ether oxygens (including phenoxy) is 5. The zero-order valence-corrected chi connectivity index (χ0v) is 19.5. The minimum atomic E-state index is -0.519. The van der Waals surface area contributed by atoms with Crippen molar-refractivity contribution in [1.82, 2.24) is 4.90 Å². The lowest BCUT2D eigenvalue weighted by Gasteiger charge is -2.23. The molecular formula is C27H27NO6. The summed E-state index contributed by atoms with van der Waals surface area (Å²) in [6, 6.07) is 17.5. The zero-order chi connectivity index (χ0) is 23.7. The fourth-order valence-corrected chi connectivity index (χ4v) is 4.53. The normalized spacial score (nSPS) is 16.4. The Kier molecular flexibility index (Phi) is 5.92. The standard InChI is InChI=1S/C27H27NO6/c1-30-22-9-8-17(13-23(22)31-2)19-12-20-16-28(10-11-33-26(20)24(15-19)32-3)27(29)25-14-18-6-4-5-7-21(18)34-25/h4-9,12-13,15,25H,10-11,14,16H2,1-3H3. The SMILES string of the molecule is COc1ccc(-c2cc3c(c(OC)c2)OCCN(C(=O)C2Cc4ccccc4O2)C3)cc1OC. The fourth-order valence-electron chi connectivity index (χ4n) is 4.53. The molecule has 0 N–H and O–H groups in total. The van der Waals surface area contributed by atoms with Gasteiger partial charge in [-0.2, -0.15) is 0 Å². The molecule has 0 fully saturated rings. The van der Waals surface area contributed by atoms with Crippen molar-refractivity contribution in [1.29, 1.82) is 0 Å². The first kappa shape index (κ1) is 21.9. The van der Waals surface area contributed by atoms with E-state index in [9.17, 15) is 4.79 Å². The number of para-hydroxylation sites is 1. The predicted octanol–water partition coefficient (Wildman–Crippen LogP) is 4.10. The van der Waals surface area contributed by atoms with E-state index in [4.69, 9.17) is 23.7 Å². The molecule has 1 atom stereocenters. The maximum atomic E-state index is 13.4. The van der Waals surface area contributed by atoms with Crippen LogP contribution in [0.5, 0.6) is 28.7 Å².